The van der Waals surface area contributed by atoms with Gasteiger partial charge in [-0.05, 0) is 41.0 Å². The van der Waals surface area contributed by atoms with Gasteiger partial charge in [0.05, 0.1) is 17.1 Å². The molecular weight excluding hydrogens is 378 g/mol. The first kappa shape index (κ1) is 19.0. The fourth-order valence-corrected chi connectivity index (χ4v) is 4.69. The summed E-state index contributed by atoms with van der Waals surface area (Å²) in [5.41, 5.74) is 3.61. The lowest BCUT2D eigenvalue weighted by molar-refractivity contribution is 0.590. The van der Waals surface area contributed by atoms with Crippen LogP contribution in [0.1, 0.15) is 5.56 Å². The number of hydrogen-bond donors (Lipinski definition) is 0. The molecule has 0 atom stereocenters. The molecule has 0 heterocycles. The van der Waals surface area contributed by atoms with Gasteiger partial charge in [-0.3, -0.25) is 4.31 Å². The van der Waals surface area contributed by atoms with Crippen molar-refractivity contribution >= 4 is 15.7 Å². The van der Waals surface area contributed by atoms with Gasteiger partial charge < -0.3 is 0 Å². The summed E-state index contributed by atoms with van der Waals surface area (Å²) in [6.45, 7) is 0.271. The fourth-order valence-electron chi connectivity index (χ4n) is 3.24. The fraction of sp³-hybridized carbons (Fsp3) is 0.0400. The number of hydrogen-bond acceptors (Lipinski definition) is 2. The van der Waals surface area contributed by atoms with E-state index in [1.165, 1.54) is 4.31 Å². The van der Waals surface area contributed by atoms with Crippen LogP contribution in [0.5, 0.6) is 0 Å². The van der Waals surface area contributed by atoms with E-state index in [4.69, 9.17) is 0 Å². The summed E-state index contributed by atoms with van der Waals surface area (Å²) in [5, 5.41) is 0. The van der Waals surface area contributed by atoms with Crippen molar-refractivity contribution in [3.8, 4) is 11.1 Å². The molecule has 0 aromatic heterocycles. The molecule has 144 valence electrons. The molecule has 0 saturated carbocycles. The highest BCUT2D eigenvalue weighted by molar-refractivity contribution is 7.92. The monoisotopic (exact) mass is 399 g/mol. The zero-order valence-electron chi connectivity index (χ0n) is 15.8. The Labute approximate surface area is 171 Å². The second-order valence-corrected chi connectivity index (χ2v) is 8.59. The van der Waals surface area contributed by atoms with Crippen molar-refractivity contribution in [3.05, 3.63) is 121 Å². The molecule has 29 heavy (non-hydrogen) atoms. The van der Waals surface area contributed by atoms with Crippen LogP contribution in [0.2, 0.25) is 0 Å². The smallest absolute Gasteiger partial charge is 0.262 e. The number of benzene rings is 4. The van der Waals surface area contributed by atoms with Crippen molar-refractivity contribution in [3.63, 3.8) is 0 Å². The first-order valence-electron chi connectivity index (χ1n) is 9.42. The molecule has 4 aromatic carbocycles. The van der Waals surface area contributed by atoms with Gasteiger partial charge in [0.15, 0.2) is 0 Å². The molecule has 0 aliphatic rings. The zero-order valence-corrected chi connectivity index (χ0v) is 16.7. The molecule has 0 saturated heterocycles. The van der Waals surface area contributed by atoms with Gasteiger partial charge in [0.1, 0.15) is 0 Å². The first-order valence-corrected chi connectivity index (χ1v) is 10.9. The molecule has 4 rings (SSSR count). The van der Waals surface area contributed by atoms with Crippen molar-refractivity contribution in [1.82, 2.24) is 0 Å². The van der Waals surface area contributed by atoms with Crippen LogP contribution in [0, 0.1) is 0 Å². The summed E-state index contributed by atoms with van der Waals surface area (Å²) in [6.07, 6.45) is 0. The SMILES string of the molecule is O=S(=O)(c1ccc(-c2ccccc2)cc1)N(Cc1ccccc1)c1ccccc1. The molecule has 0 aliphatic carbocycles. The van der Waals surface area contributed by atoms with Crippen LogP contribution in [0.3, 0.4) is 0 Å². The maximum absolute atomic E-state index is 13.5. The van der Waals surface area contributed by atoms with E-state index in [1.54, 1.807) is 12.1 Å². The highest BCUT2D eigenvalue weighted by atomic mass is 32.2. The van der Waals surface area contributed by atoms with Gasteiger partial charge in [0.2, 0.25) is 0 Å². The quantitative estimate of drug-likeness (QED) is 0.414. The van der Waals surface area contributed by atoms with Gasteiger partial charge in [0.25, 0.3) is 10.0 Å². The van der Waals surface area contributed by atoms with E-state index in [-0.39, 0.29) is 11.4 Å². The van der Waals surface area contributed by atoms with Crippen molar-refractivity contribution in [2.45, 2.75) is 11.4 Å². The Morgan fingerprint density at radius 2 is 1.03 bits per heavy atom. The molecule has 0 spiro atoms. The lowest BCUT2D eigenvalue weighted by atomic mass is 10.1. The Morgan fingerprint density at radius 3 is 1.62 bits per heavy atom. The molecule has 0 aliphatic heterocycles. The maximum atomic E-state index is 13.5. The lowest BCUT2D eigenvalue weighted by Crippen LogP contribution is -2.30. The average molecular weight is 400 g/mol. The Bertz CT molecular complexity index is 1160. The summed E-state index contributed by atoms with van der Waals surface area (Å²) in [7, 11) is -3.72. The summed E-state index contributed by atoms with van der Waals surface area (Å²) in [5.74, 6) is 0. The Kier molecular flexibility index (Phi) is 5.45. The van der Waals surface area contributed by atoms with Gasteiger partial charge >= 0.3 is 0 Å². The molecule has 0 bridgehead atoms. The second-order valence-electron chi connectivity index (χ2n) is 6.72. The minimum absolute atomic E-state index is 0.271. The van der Waals surface area contributed by atoms with Crippen molar-refractivity contribution in [2.24, 2.45) is 0 Å². The van der Waals surface area contributed by atoms with E-state index in [0.29, 0.717) is 5.69 Å². The van der Waals surface area contributed by atoms with Crippen LogP contribution in [-0.4, -0.2) is 8.42 Å². The number of nitrogens with zero attached hydrogens (tertiary/aromatic N) is 1. The summed E-state index contributed by atoms with van der Waals surface area (Å²) < 4.78 is 28.5. The summed E-state index contributed by atoms with van der Waals surface area (Å²) >= 11 is 0. The van der Waals surface area contributed by atoms with E-state index in [0.717, 1.165) is 16.7 Å². The van der Waals surface area contributed by atoms with Crippen molar-refractivity contribution in [2.75, 3.05) is 4.31 Å². The van der Waals surface area contributed by atoms with Gasteiger partial charge in [-0.1, -0.05) is 91.0 Å². The summed E-state index contributed by atoms with van der Waals surface area (Å²) in [4.78, 5) is 0.275. The van der Waals surface area contributed by atoms with Gasteiger partial charge in [-0.25, -0.2) is 8.42 Å². The minimum Gasteiger partial charge on any atom is -0.262 e. The zero-order chi connectivity index (χ0) is 20.1. The molecule has 4 aromatic rings. The molecule has 0 N–H and O–H groups in total. The highest BCUT2D eigenvalue weighted by Crippen LogP contribution is 2.27. The Balaban J connectivity index is 1.71. The highest BCUT2D eigenvalue weighted by Gasteiger charge is 2.25. The normalized spacial score (nSPS) is 11.2. The van der Waals surface area contributed by atoms with Crippen molar-refractivity contribution < 1.29 is 8.42 Å². The molecule has 0 fully saturated rings. The van der Waals surface area contributed by atoms with E-state index in [2.05, 4.69) is 0 Å². The largest absolute Gasteiger partial charge is 0.264 e. The molecule has 4 heteroatoms. The predicted molar refractivity (Wildman–Crippen MR) is 118 cm³/mol. The van der Waals surface area contributed by atoms with Crippen LogP contribution in [0.15, 0.2) is 120 Å². The van der Waals surface area contributed by atoms with Gasteiger partial charge in [-0.2, -0.15) is 0 Å². The van der Waals surface area contributed by atoms with E-state index < -0.39 is 10.0 Å². The van der Waals surface area contributed by atoms with Crippen molar-refractivity contribution in [1.29, 1.82) is 0 Å². The topological polar surface area (TPSA) is 37.4 Å². The standard InChI is InChI=1S/C25H21NO2S/c27-29(28,25-18-16-23(17-19-25)22-12-6-2-7-13-22)26(24-14-8-3-9-15-24)20-21-10-4-1-5-11-21/h1-19H,20H2. The number of sulfonamides is 1. The second kappa shape index (κ2) is 8.33. The van der Waals surface area contributed by atoms with E-state index >= 15 is 0 Å². The van der Waals surface area contributed by atoms with Crippen LogP contribution in [0.25, 0.3) is 11.1 Å². The molecule has 3 nitrogen and oxygen atoms in total. The Morgan fingerprint density at radius 1 is 0.552 bits per heavy atom. The van der Waals surface area contributed by atoms with Gasteiger partial charge in [-0.15, -0.1) is 0 Å². The Hall–Kier alpha value is -3.37. The minimum atomic E-state index is -3.72. The predicted octanol–water partition coefficient (Wildman–Crippen LogP) is 5.75. The average Bonchev–Trinajstić information content (AvgIpc) is 2.79. The lowest BCUT2D eigenvalue weighted by Gasteiger charge is -2.25. The third-order valence-corrected chi connectivity index (χ3v) is 6.55. The number of rotatable bonds is 6. The summed E-state index contributed by atoms with van der Waals surface area (Å²) in [6, 6.07) is 35.8. The van der Waals surface area contributed by atoms with Crippen LogP contribution < -0.4 is 4.31 Å². The first-order chi connectivity index (χ1) is 14.1. The third kappa shape index (κ3) is 4.23. The maximum Gasteiger partial charge on any atom is 0.264 e. The third-order valence-electron chi connectivity index (χ3n) is 4.76. The van der Waals surface area contributed by atoms with Crippen LogP contribution in [0.4, 0.5) is 5.69 Å². The van der Waals surface area contributed by atoms with Crippen LogP contribution in [-0.2, 0) is 16.6 Å². The van der Waals surface area contributed by atoms with Crippen LogP contribution >= 0.6 is 0 Å². The van der Waals surface area contributed by atoms with E-state index in [1.807, 2.05) is 103 Å². The number of anilines is 1. The molecule has 0 unspecified atom stereocenters. The molecular formula is C25H21NO2S. The molecule has 0 amide bonds. The van der Waals surface area contributed by atoms with Gasteiger partial charge in [0, 0.05) is 0 Å². The number of para-hydroxylation sites is 1. The van der Waals surface area contributed by atoms with E-state index in [9.17, 15) is 8.42 Å². The molecule has 0 radical (unpaired) electrons.